The van der Waals surface area contributed by atoms with Crippen molar-refractivity contribution in [3.8, 4) is 0 Å². The molecule has 0 bridgehead atoms. The molecule has 0 aromatic heterocycles. The van der Waals surface area contributed by atoms with E-state index in [4.69, 9.17) is 84.2 Å². The molecule has 94 heavy (non-hydrogen) atoms. The Labute approximate surface area is 534 Å². The van der Waals surface area contributed by atoms with Crippen molar-refractivity contribution in [1.82, 2.24) is 0 Å². The second-order valence-corrected chi connectivity index (χ2v) is 27.2. The van der Waals surface area contributed by atoms with Gasteiger partial charge in [-0.15, -0.1) is 0 Å². The smallest absolute Gasteiger partial charge is 0.397 e. The summed E-state index contributed by atoms with van der Waals surface area (Å²) in [5.74, 6) is -5.72. The molecule has 0 radical (unpaired) electrons. The molecular formula is C39H66O48S7. The van der Waals surface area contributed by atoms with E-state index in [1.165, 1.54) is 7.11 Å². The van der Waals surface area contributed by atoms with E-state index in [1.54, 1.807) is 0 Å². The molecule has 0 aliphatic carbocycles. The summed E-state index contributed by atoms with van der Waals surface area (Å²) in [7, 11) is -32.9. The third-order valence-electron chi connectivity index (χ3n) is 14.2. The highest BCUT2D eigenvalue weighted by Gasteiger charge is 2.62. The van der Waals surface area contributed by atoms with Crippen molar-refractivity contribution in [3.63, 3.8) is 0 Å². The summed E-state index contributed by atoms with van der Waals surface area (Å²) in [6.07, 6.45) is -55.4. The van der Waals surface area contributed by atoms with E-state index in [0.717, 1.165) is 42.7 Å². The van der Waals surface area contributed by atoms with E-state index in [2.05, 4.69) is 20.9 Å². The zero-order chi connectivity index (χ0) is 71.2. The summed E-state index contributed by atoms with van der Waals surface area (Å²) >= 11 is 0. The molecule has 5 saturated heterocycles. The quantitative estimate of drug-likeness (QED) is 0.0266. The van der Waals surface area contributed by atoms with Crippen LogP contribution in [-0.2, 0) is 187 Å². The van der Waals surface area contributed by atoms with Crippen LogP contribution in [0.2, 0.25) is 0 Å². The van der Waals surface area contributed by atoms with Gasteiger partial charge in [-0.3, -0.25) is 31.9 Å². The van der Waals surface area contributed by atoms with Gasteiger partial charge in [-0.1, -0.05) is 0 Å². The van der Waals surface area contributed by atoms with Crippen LogP contribution in [0.4, 0.5) is 0 Å². The highest BCUT2D eigenvalue weighted by Crippen LogP contribution is 2.43. The van der Waals surface area contributed by atoms with Gasteiger partial charge >= 0.3 is 84.7 Å². The number of carbonyl (C=O) groups is 2. The molecule has 0 aromatic rings. The maximum Gasteiger partial charge on any atom is 0.397 e. The number of hydrogen-bond donors (Lipinski definition) is 9. The number of ether oxygens (including phenoxy) is 16. The lowest BCUT2D eigenvalue weighted by Crippen LogP contribution is -2.69. The van der Waals surface area contributed by atoms with Crippen molar-refractivity contribution >= 4 is 84.7 Å². The molecule has 5 aliphatic rings. The summed E-state index contributed by atoms with van der Waals surface area (Å²) in [6.45, 7) is -4.22. The predicted molar refractivity (Wildman–Crippen MR) is 282 cm³/mol. The number of methoxy groups -OCH3 is 8. The van der Waals surface area contributed by atoms with E-state index >= 15 is 0 Å². The highest BCUT2D eigenvalue weighted by molar-refractivity contribution is 7.82. The number of carboxylic acids is 2. The maximum absolute atomic E-state index is 13.3. The fraction of sp³-hybridized carbons (Fsp3) is 0.949. The minimum Gasteiger partial charge on any atom is -0.479 e. The number of hydrogen-bond acceptors (Lipinski definition) is 39. The SMILES string of the molecule is CO[C@H]1O[C@H](COS(=O)(=O)O)[C@@H](O[C@@H]2O[C@H](C(=O)O)[C@@H](O[C@H]3O[C@H](COS(=O)(=O)O)[C@@H](O[C@@H]4O[C@H](C(=O)O)[C@@H](C[C@H]5O[C@H](COS(=O)(=O)O)[C@@H](OC)[C@H](OC)[C@H]5OC)[C@H](OC)[C@H]4OC)[C@H](OS(=O)(=O)O)[C@H]3OS(=O)(=O)O)[C@H](OC)[C@H]2OC)[C@H](OS(=O)(=O)O)[C@H]1OS(=O)(=O)O. The van der Waals surface area contributed by atoms with Crippen LogP contribution in [0, 0.1) is 5.92 Å². The van der Waals surface area contributed by atoms with Crippen LogP contribution in [0.25, 0.3) is 0 Å². The normalized spacial score (nSPS) is 37.6. The molecule has 5 heterocycles. The minimum absolute atomic E-state index is 0.582. The summed E-state index contributed by atoms with van der Waals surface area (Å²) < 4.78 is 362. The van der Waals surface area contributed by atoms with Crippen molar-refractivity contribution in [3.05, 3.63) is 0 Å². The zero-order valence-corrected chi connectivity index (χ0v) is 54.8. The molecule has 0 spiro atoms. The Morgan fingerprint density at radius 2 is 0.596 bits per heavy atom. The zero-order valence-electron chi connectivity index (χ0n) is 49.1. The molecule has 0 saturated carbocycles. The largest absolute Gasteiger partial charge is 0.479 e. The lowest BCUT2D eigenvalue weighted by molar-refractivity contribution is -0.381. The van der Waals surface area contributed by atoms with Crippen molar-refractivity contribution < 1.29 is 216 Å². The number of aliphatic carboxylic acids is 2. The van der Waals surface area contributed by atoms with E-state index in [-0.39, 0.29) is 0 Å². The Kier molecular flexibility index (Phi) is 29.0. The Balaban J connectivity index is 1.63. The molecule has 0 aromatic carbocycles. The molecule has 5 fully saturated rings. The summed E-state index contributed by atoms with van der Waals surface area (Å²) in [5.41, 5.74) is 0. The maximum atomic E-state index is 13.3. The number of carboxylic acid groups (broad SMARTS) is 2. The van der Waals surface area contributed by atoms with Gasteiger partial charge in [0, 0.05) is 62.8 Å². The van der Waals surface area contributed by atoms with Gasteiger partial charge in [0.2, 0.25) is 0 Å². The number of rotatable bonds is 35. The van der Waals surface area contributed by atoms with Crippen LogP contribution < -0.4 is 0 Å². The minimum atomic E-state index is -6.18. The molecule has 48 nitrogen and oxygen atoms in total. The van der Waals surface area contributed by atoms with Crippen LogP contribution in [0.15, 0.2) is 0 Å². The first-order valence-electron chi connectivity index (χ1n) is 25.7. The average molecular weight is 1530 g/mol. The molecule has 0 amide bonds. The fourth-order valence-electron chi connectivity index (χ4n) is 10.8. The summed E-state index contributed by atoms with van der Waals surface area (Å²) in [4.78, 5) is 26.7. The van der Waals surface area contributed by atoms with E-state index in [0.29, 0.717) is 7.11 Å². The molecule has 9 N–H and O–H groups in total. The third kappa shape index (κ3) is 22.7. The molecule has 552 valence electrons. The van der Waals surface area contributed by atoms with E-state index in [1.807, 2.05) is 0 Å². The van der Waals surface area contributed by atoms with Crippen molar-refractivity contribution in [2.24, 2.45) is 5.92 Å². The predicted octanol–water partition coefficient (Wildman–Crippen LogP) is -7.05. The molecule has 55 heteroatoms. The Hall–Kier alpha value is -2.61. The van der Waals surface area contributed by atoms with Gasteiger partial charge in [0.15, 0.2) is 49.6 Å². The lowest BCUT2D eigenvalue weighted by atomic mass is 9.81. The van der Waals surface area contributed by atoms with Gasteiger partial charge in [-0.25, -0.2) is 38.9 Å². The molecular weight excluding hydrogens is 1460 g/mol. The van der Waals surface area contributed by atoms with E-state index in [9.17, 15) is 111 Å². The van der Waals surface area contributed by atoms with Crippen molar-refractivity contribution in [1.29, 1.82) is 0 Å². The van der Waals surface area contributed by atoms with Gasteiger partial charge in [0.25, 0.3) is 0 Å². The molecule has 5 aliphatic heterocycles. The van der Waals surface area contributed by atoms with E-state index < -0.39 is 264 Å². The molecule has 5 rings (SSSR count). The molecule has 25 atom stereocenters. The monoisotopic (exact) mass is 1530 g/mol. The van der Waals surface area contributed by atoms with Crippen molar-refractivity contribution in [2.45, 2.75) is 154 Å². The van der Waals surface area contributed by atoms with Crippen LogP contribution >= 0.6 is 0 Å². The first kappa shape index (κ1) is 82.1. The average Bonchev–Trinajstić information content (AvgIpc) is 0.763. The Bertz CT molecular complexity index is 3340. The summed E-state index contributed by atoms with van der Waals surface area (Å²) in [6, 6.07) is 0. The highest BCUT2D eigenvalue weighted by atomic mass is 32.3. The first-order chi connectivity index (χ1) is 43.2. The van der Waals surface area contributed by atoms with Gasteiger partial charge in [-0.2, -0.15) is 58.9 Å². The third-order valence-corrected chi connectivity index (χ3v) is 17.3. The topological polar surface area (TPSA) is 667 Å². The van der Waals surface area contributed by atoms with Gasteiger partial charge in [0.1, 0.15) is 85.5 Å². The Morgan fingerprint density at radius 1 is 0.298 bits per heavy atom. The fourth-order valence-corrected chi connectivity index (χ4v) is 13.7. The van der Waals surface area contributed by atoms with Crippen LogP contribution in [-0.4, -0.2) is 337 Å². The van der Waals surface area contributed by atoms with Crippen LogP contribution in [0.1, 0.15) is 6.42 Å². The van der Waals surface area contributed by atoms with Crippen LogP contribution in [0.5, 0.6) is 0 Å². The second kappa shape index (κ2) is 33.2. The lowest BCUT2D eigenvalue weighted by Gasteiger charge is -2.51. The summed E-state index contributed by atoms with van der Waals surface area (Å²) in [5, 5.41) is 21.5. The van der Waals surface area contributed by atoms with Gasteiger partial charge in [0.05, 0.1) is 32.0 Å². The van der Waals surface area contributed by atoms with Gasteiger partial charge < -0.3 is 86.0 Å². The standard InChI is InChI=1S/C39H66O48S7/c1-65-18-13(9-14-20(66-2)24(68-4)21(67-3)15(76-14)10-73-88(44,45)46)19(34(40)41)79-37(30(18)70-6)80-23-17(12-75-90(50,51)52)78-39(33(87-94(62,63)64)28(23)85-92(56,57)58)82-26-25(69-5)31(71-7)38(83-29(26)35(42)43)81-22-16(11-74-89(47,48)49)77-36(72-8)32(86-93(59,60)61)27(22)84-91(53,54)55/h13-33,36-39H,9-12H2,1-8H3,(H,40,41)(H,42,43)(H,44,45,46)(H,47,48,49)(H,50,51,52)(H,53,54,55)(H,56,57,58)(H,59,60,61)(H,62,63,64)/t13-,14+,15+,16+,17+,18-,19-,20-,21+,22+,23+,24+,25-,26-,27-,28-,29-,30+,31+,32+,33+,36-,37-,38+,39+/m0/s1. The van der Waals surface area contributed by atoms with Gasteiger partial charge in [-0.05, 0) is 6.42 Å². The first-order valence-corrected chi connectivity index (χ1v) is 35.2. The van der Waals surface area contributed by atoms with Crippen molar-refractivity contribution in [2.75, 3.05) is 76.7 Å². The second-order valence-electron chi connectivity index (χ2n) is 19.8. The molecule has 0 unspecified atom stereocenters. The van der Waals surface area contributed by atoms with Crippen LogP contribution in [0.3, 0.4) is 0 Å². The Morgan fingerprint density at radius 3 is 0.947 bits per heavy atom.